The molecule has 1 aliphatic heterocycles. The van der Waals surface area contributed by atoms with Crippen molar-refractivity contribution in [2.45, 2.75) is 32.6 Å². The van der Waals surface area contributed by atoms with Crippen molar-refractivity contribution in [2.75, 3.05) is 33.9 Å². The van der Waals surface area contributed by atoms with Gasteiger partial charge in [-0.05, 0) is 24.8 Å². The zero-order chi connectivity index (χ0) is 19.6. The van der Waals surface area contributed by atoms with E-state index < -0.39 is 0 Å². The van der Waals surface area contributed by atoms with E-state index in [2.05, 4.69) is 5.32 Å². The van der Waals surface area contributed by atoms with Gasteiger partial charge in [-0.2, -0.15) is 0 Å². The molecule has 1 heterocycles. The Morgan fingerprint density at radius 2 is 1.93 bits per heavy atom. The molecule has 1 N–H and O–H groups in total. The van der Waals surface area contributed by atoms with Crippen molar-refractivity contribution >= 4 is 11.8 Å². The first kappa shape index (κ1) is 19.5. The lowest BCUT2D eigenvalue weighted by atomic mass is 9.87. The fourth-order valence-corrected chi connectivity index (χ4v) is 3.75. The number of carbonyl (C=O) groups excluding carboxylic acids is 2. The predicted molar refractivity (Wildman–Crippen MR) is 103 cm³/mol. The molecule has 1 saturated heterocycles. The van der Waals surface area contributed by atoms with Gasteiger partial charge in [-0.15, -0.1) is 0 Å². The Labute approximate surface area is 161 Å². The van der Waals surface area contributed by atoms with Crippen molar-refractivity contribution in [3.63, 3.8) is 0 Å². The second kappa shape index (κ2) is 8.19. The highest BCUT2D eigenvalue weighted by Gasteiger charge is 2.42. The average molecular weight is 374 g/mol. The lowest BCUT2D eigenvalue weighted by molar-refractivity contribution is -0.133. The molecule has 3 rings (SSSR count). The maximum atomic E-state index is 12.9. The van der Waals surface area contributed by atoms with E-state index in [0.29, 0.717) is 30.5 Å². The van der Waals surface area contributed by atoms with Crippen LogP contribution in [0.25, 0.3) is 0 Å². The standard InChI is InChI=1S/C21H30N2O4/c1-13(2)21(25)23-11-17(16-8-7-15(26-3)9-19(16)27-4)18(12-23)20(24)22-10-14-5-6-14/h7-9,13-14,17-18H,5-6,10-12H2,1-4H3,(H,22,24)/t17-,18+/m0/s1. The van der Waals surface area contributed by atoms with Crippen LogP contribution in [0.4, 0.5) is 0 Å². The van der Waals surface area contributed by atoms with Gasteiger partial charge in [0.15, 0.2) is 0 Å². The van der Waals surface area contributed by atoms with Crippen LogP contribution < -0.4 is 14.8 Å². The third-order valence-corrected chi connectivity index (χ3v) is 5.56. The van der Waals surface area contributed by atoms with Crippen LogP contribution in [0.3, 0.4) is 0 Å². The molecule has 1 aromatic rings. The number of benzene rings is 1. The number of nitrogens with one attached hydrogen (secondary N) is 1. The Kier molecular flexibility index (Phi) is 5.92. The summed E-state index contributed by atoms with van der Waals surface area (Å²) in [6.07, 6.45) is 2.39. The van der Waals surface area contributed by atoms with Crippen LogP contribution in [0, 0.1) is 17.8 Å². The van der Waals surface area contributed by atoms with E-state index >= 15 is 0 Å². The van der Waals surface area contributed by atoms with Gasteiger partial charge in [0.25, 0.3) is 0 Å². The molecule has 0 aromatic heterocycles. The van der Waals surface area contributed by atoms with E-state index in [1.807, 2.05) is 36.9 Å². The Hall–Kier alpha value is -2.24. The summed E-state index contributed by atoms with van der Waals surface area (Å²) in [6.45, 7) is 5.51. The lowest BCUT2D eigenvalue weighted by Crippen LogP contribution is -2.37. The molecule has 1 aliphatic carbocycles. The molecular formula is C21H30N2O4. The second-order valence-corrected chi connectivity index (χ2v) is 7.91. The van der Waals surface area contributed by atoms with Gasteiger partial charge >= 0.3 is 0 Å². The molecule has 1 aromatic carbocycles. The first-order valence-corrected chi connectivity index (χ1v) is 9.73. The van der Waals surface area contributed by atoms with Crippen LogP contribution in [0.5, 0.6) is 11.5 Å². The lowest BCUT2D eigenvalue weighted by Gasteiger charge is -2.21. The van der Waals surface area contributed by atoms with E-state index in [-0.39, 0.29) is 29.6 Å². The first-order chi connectivity index (χ1) is 12.9. The predicted octanol–water partition coefficient (Wildman–Crippen LogP) is 2.43. The maximum Gasteiger partial charge on any atom is 0.225 e. The van der Waals surface area contributed by atoms with Crippen LogP contribution in [0.15, 0.2) is 18.2 Å². The molecule has 0 spiro atoms. The summed E-state index contributed by atoms with van der Waals surface area (Å²) in [5.74, 6) is 1.70. The van der Waals surface area contributed by atoms with Gasteiger partial charge in [-0.3, -0.25) is 9.59 Å². The van der Waals surface area contributed by atoms with Gasteiger partial charge in [0, 0.05) is 43.1 Å². The minimum absolute atomic E-state index is 0.0313. The molecule has 148 valence electrons. The van der Waals surface area contributed by atoms with Crippen LogP contribution >= 0.6 is 0 Å². The van der Waals surface area contributed by atoms with Crippen molar-refractivity contribution in [3.05, 3.63) is 23.8 Å². The van der Waals surface area contributed by atoms with Gasteiger partial charge in [-0.25, -0.2) is 0 Å². The number of nitrogens with zero attached hydrogens (tertiary/aromatic N) is 1. The number of methoxy groups -OCH3 is 2. The van der Waals surface area contributed by atoms with Gasteiger partial charge in [0.1, 0.15) is 11.5 Å². The highest BCUT2D eigenvalue weighted by Crippen LogP contribution is 2.40. The third kappa shape index (κ3) is 4.37. The summed E-state index contributed by atoms with van der Waals surface area (Å²) in [5.41, 5.74) is 0.948. The summed E-state index contributed by atoms with van der Waals surface area (Å²) >= 11 is 0. The SMILES string of the molecule is COc1ccc([C@@H]2CN(C(=O)C(C)C)C[C@H]2C(=O)NCC2CC2)c(OC)c1. The molecule has 1 saturated carbocycles. The van der Waals surface area contributed by atoms with E-state index in [0.717, 1.165) is 12.1 Å². The number of amides is 2. The van der Waals surface area contributed by atoms with Gasteiger partial charge < -0.3 is 19.7 Å². The monoisotopic (exact) mass is 374 g/mol. The Bertz CT molecular complexity index is 699. The van der Waals surface area contributed by atoms with Crippen molar-refractivity contribution < 1.29 is 19.1 Å². The highest BCUT2D eigenvalue weighted by molar-refractivity contribution is 5.84. The summed E-state index contributed by atoms with van der Waals surface area (Å²) in [6, 6.07) is 5.66. The molecule has 6 nitrogen and oxygen atoms in total. The van der Waals surface area contributed by atoms with Crippen molar-refractivity contribution in [1.82, 2.24) is 10.2 Å². The minimum atomic E-state index is -0.270. The van der Waals surface area contributed by atoms with E-state index in [1.54, 1.807) is 14.2 Å². The van der Waals surface area contributed by atoms with Gasteiger partial charge in [0.05, 0.1) is 20.1 Å². The zero-order valence-electron chi connectivity index (χ0n) is 16.7. The zero-order valence-corrected chi connectivity index (χ0v) is 16.7. The molecule has 2 amide bonds. The Morgan fingerprint density at radius 1 is 1.19 bits per heavy atom. The number of hydrogen-bond donors (Lipinski definition) is 1. The van der Waals surface area contributed by atoms with Crippen LogP contribution in [-0.2, 0) is 9.59 Å². The molecule has 0 bridgehead atoms. The minimum Gasteiger partial charge on any atom is -0.497 e. The topological polar surface area (TPSA) is 67.9 Å². The highest BCUT2D eigenvalue weighted by atomic mass is 16.5. The van der Waals surface area contributed by atoms with Gasteiger partial charge in [0.2, 0.25) is 11.8 Å². The first-order valence-electron chi connectivity index (χ1n) is 9.73. The number of ether oxygens (including phenoxy) is 2. The second-order valence-electron chi connectivity index (χ2n) is 7.91. The Morgan fingerprint density at radius 3 is 2.52 bits per heavy atom. The quantitative estimate of drug-likeness (QED) is 0.796. The molecule has 2 aliphatic rings. The molecule has 6 heteroatoms. The molecule has 2 atom stereocenters. The number of carbonyl (C=O) groups is 2. The van der Waals surface area contributed by atoms with Crippen molar-refractivity contribution in [2.24, 2.45) is 17.8 Å². The number of hydrogen-bond acceptors (Lipinski definition) is 4. The molecular weight excluding hydrogens is 344 g/mol. The summed E-state index contributed by atoms with van der Waals surface area (Å²) in [4.78, 5) is 27.3. The van der Waals surface area contributed by atoms with Crippen LogP contribution in [-0.4, -0.2) is 50.6 Å². The molecule has 2 fully saturated rings. The Balaban J connectivity index is 1.86. The van der Waals surface area contributed by atoms with Gasteiger partial charge in [-0.1, -0.05) is 19.9 Å². The smallest absolute Gasteiger partial charge is 0.225 e. The van der Waals surface area contributed by atoms with E-state index in [4.69, 9.17) is 9.47 Å². The average Bonchev–Trinajstić information content (AvgIpc) is 3.41. The molecule has 0 unspecified atom stereocenters. The summed E-state index contributed by atoms with van der Waals surface area (Å²) in [5, 5.41) is 3.09. The van der Waals surface area contributed by atoms with E-state index in [9.17, 15) is 9.59 Å². The van der Waals surface area contributed by atoms with Crippen LogP contribution in [0.2, 0.25) is 0 Å². The summed E-state index contributed by atoms with van der Waals surface area (Å²) in [7, 11) is 3.23. The number of likely N-dealkylation sites (tertiary alicyclic amines) is 1. The molecule has 0 radical (unpaired) electrons. The van der Waals surface area contributed by atoms with Crippen molar-refractivity contribution in [3.8, 4) is 11.5 Å². The fraction of sp³-hybridized carbons (Fsp3) is 0.619. The van der Waals surface area contributed by atoms with Crippen LogP contribution in [0.1, 0.15) is 38.2 Å². The largest absolute Gasteiger partial charge is 0.497 e. The fourth-order valence-electron chi connectivity index (χ4n) is 3.75. The van der Waals surface area contributed by atoms with Crippen molar-refractivity contribution in [1.29, 1.82) is 0 Å². The summed E-state index contributed by atoms with van der Waals surface area (Å²) < 4.78 is 10.9. The number of rotatable bonds is 7. The normalized spacial score (nSPS) is 22.0. The maximum absolute atomic E-state index is 12.9. The van der Waals surface area contributed by atoms with E-state index in [1.165, 1.54) is 12.8 Å². The third-order valence-electron chi connectivity index (χ3n) is 5.56. The molecule has 27 heavy (non-hydrogen) atoms.